The molecule has 0 fully saturated rings. The lowest BCUT2D eigenvalue weighted by atomic mass is 10.1. The number of amides is 1. The van der Waals surface area contributed by atoms with Gasteiger partial charge in [0.15, 0.2) is 0 Å². The van der Waals surface area contributed by atoms with Crippen LogP contribution in [-0.2, 0) is 6.54 Å². The first-order valence-electron chi connectivity index (χ1n) is 6.19. The fraction of sp³-hybridized carbons (Fsp3) is 0.267. The number of halogens is 1. The number of nitrogens with zero attached hydrogens (tertiary/aromatic N) is 1. The molecule has 19 heavy (non-hydrogen) atoms. The van der Waals surface area contributed by atoms with Crippen LogP contribution in [0.2, 0.25) is 0 Å². The van der Waals surface area contributed by atoms with Crippen molar-refractivity contribution in [1.29, 1.82) is 0 Å². The van der Waals surface area contributed by atoms with Gasteiger partial charge in [-0.3, -0.25) is 4.79 Å². The lowest BCUT2D eigenvalue weighted by Crippen LogP contribution is -2.30. The first-order chi connectivity index (χ1) is 9.11. The Hall–Kier alpha value is -2.10. The first kappa shape index (κ1) is 13.3. The Bertz CT molecular complexity index is 564. The van der Waals surface area contributed by atoms with E-state index in [0.29, 0.717) is 24.2 Å². The third kappa shape index (κ3) is 3.02. The average Bonchev–Trinajstić information content (AvgIpc) is 2.91. The molecule has 0 radical (unpaired) electrons. The van der Waals surface area contributed by atoms with E-state index in [1.807, 2.05) is 13.0 Å². The maximum atomic E-state index is 13.2. The van der Waals surface area contributed by atoms with E-state index in [4.69, 9.17) is 4.42 Å². The summed E-state index contributed by atoms with van der Waals surface area (Å²) in [4.78, 5) is 14.0. The fourth-order valence-electron chi connectivity index (χ4n) is 1.88. The number of hydrogen-bond acceptors (Lipinski definition) is 2. The molecule has 2 rings (SSSR count). The highest BCUT2D eigenvalue weighted by molar-refractivity contribution is 5.94. The van der Waals surface area contributed by atoms with Crippen LogP contribution >= 0.6 is 0 Å². The van der Waals surface area contributed by atoms with Gasteiger partial charge in [0.2, 0.25) is 0 Å². The van der Waals surface area contributed by atoms with Crippen LogP contribution in [0, 0.1) is 12.7 Å². The number of furan rings is 1. The molecule has 0 saturated heterocycles. The number of aryl methyl sites for hydroxylation is 1. The van der Waals surface area contributed by atoms with Gasteiger partial charge in [-0.1, -0.05) is 0 Å². The highest BCUT2D eigenvalue weighted by atomic mass is 19.1. The molecule has 0 bridgehead atoms. The van der Waals surface area contributed by atoms with E-state index >= 15 is 0 Å². The summed E-state index contributed by atoms with van der Waals surface area (Å²) in [6.45, 7) is 4.53. The molecular weight excluding hydrogens is 245 g/mol. The lowest BCUT2D eigenvalue weighted by molar-refractivity contribution is 0.0741. The molecule has 3 nitrogen and oxygen atoms in total. The molecular formula is C15H16FNO2. The van der Waals surface area contributed by atoms with Crippen LogP contribution in [0.3, 0.4) is 0 Å². The van der Waals surface area contributed by atoms with E-state index in [2.05, 4.69) is 0 Å². The first-order valence-corrected chi connectivity index (χ1v) is 6.19. The van der Waals surface area contributed by atoms with Crippen molar-refractivity contribution in [3.8, 4) is 0 Å². The molecule has 1 amide bonds. The number of benzene rings is 1. The van der Waals surface area contributed by atoms with Gasteiger partial charge in [-0.25, -0.2) is 4.39 Å². The van der Waals surface area contributed by atoms with Gasteiger partial charge in [-0.05, 0) is 49.7 Å². The standard InChI is InChI=1S/C15H16FNO2/c1-3-17(10-13-5-4-8-19-13)15(18)12-6-7-14(16)11(2)9-12/h4-9H,3,10H2,1-2H3. The molecule has 0 unspecified atom stereocenters. The summed E-state index contributed by atoms with van der Waals surface area (Å²) in [6.07, 6.45) is 1.58. The lowest BCUT2D eigenvalue weighted by Gasteiger charge is -2.20. The van der Waals surface area contributed by atoms with Crippen LogP contribution in [0.25, 0.3) is 0 Å². The van der Waals surface area contributed by atoms with Crippen LogP contribution < -0.4 is 0 Å². The van der Waals surface area contributed by atoms with Crippen molar-refractivity contribution < 1.29 is 13.6 Å². The molecule has 100 valence electrons. The molecule has 1 aromatic heterocycles. The molecule has 0 N–H and O–H groups in total. The maximum Gasteiger partial charge on any atom is 0.254 e. The minimum atomic E-state index is -0.300. The molecule has 2 aromatic rings. The van der Waals surface area contributed by atoms with Gasteiger partial charge in [0.1, 0.15) is 11.6 Å². The number of rotatable bonds is 4. The predicted octanol–water partition coefficient (Wildman–Crippen LogP) is 3.39. The second-order valence-electron chi connectivity index (χ2n) is 4.36. The highest BCUT2D eigenvalue weighted by Crippen LogP contribution is 2.14. The van der Waals surface area contributed by atoms with Gasteiger partial charge in [0.05, 0.1) is 12.8 Å². The SMILES string of the molecule is CCN(Cc1ccco1)C(=O)c1ccc(F)c(C)c1. The number of carbonyl (C=O) groups excluding carboxylic acids is 1. The Morgan fingerprint density at radius 2 is 2.16 bits per heavy atom. The quantitative estimate of drug-likeness (QED) is 0.845. The molecule has 4 heteroatoms. The third-order valence-electron chi connectivity index (χ3n) is 3.00. The van der Waals surface area contributed by atoms with Crippen LogP contribution in [0.1, 0.15) is 28.6 Å². The third-order valence-corrected chi connectivity index (χ3v) is 3.00. The van der Waals surface area contributed by atoms with E-state index < -0.39 is 0 Å². The van der Waals surface area contributed by atoms with Crippen LogP contribution in [0.15, 0.2) is 41.0 Å². The van der Waals surface area contributed by atoms with Crippen molar-refractivity contribution in [2.45, 2.75) is 20.4 Å². The molecule has 0 aliphatic rings. The van der Waals surface area contributed by atoms with Crippen molar-refractivity contribution in [3.63, 3.8) is 0 Å². The normalized spacial score (nSPS) is 10.5. The van der Waals surface area contributed by atoms with Gasteiger partial charge in [0, 0.05) is 12.1 Å². The van der Waals surface area contributed by atoms with Crippen LogP contribution in [0.4, 0.5) is 4.39 Å². The minimum absolute atomic E-state index is 0.123. The summed E-state index contributed by atoms with van der Waals surface area (Å²) in [5.41, 5.74) is 0.965. The zero-order valence-electron chi connectivity index (χ0n) is 11.0. The number of carbonyl (C=O) groups is 1. The van der Waals surface area contributed by atoms with Crippen molar-refractivity contribution in [2.75, 3.05) is 6.54 Å². The molecule has 0 atom stereocenters. The van der Waals surface area contributed by atoms with Gasteiger partial charge in [0.25, 0.3) is 5.91 Å². The summed E-state index contributed by atoms with van der Waals surface area (Å²) in [7, 11) is 0. The largest absolute Gasteiger partial charge is 0.467 e. The molecule has 0 aliphatic carbocycles. The Kier molecular flexibility index (Phi) is 4.00. The van der Waals surface area contributed by atoms with Crippen molar-refractivity contribution in [1.82, 2.24) is 4.90 Å². The second-order valence-corrected chi connectivity index (χ2v) is 4.36. The van der Waals surface area contributed by atoms with E-state index in [0.717, 1.165) is 5.76 Å². The maximum absolute atomic E-state index is 13.2. The smallest absolute Gasteiger partial charge is 0.254 e. The Labute approximate surface area is 111 Å². The minimum Gasteiger partial charge on any atom is -0.467 e. The van der Waals surface area contributed by atoms with Crippen LogP contribution in [0.5, 0.6) is 0 Å². The average molecular weight is 261 g/mol. The Balaban J connectivity index is 2.18. The topological polar surface area (TPSA) is 33.5 Å². The van der Waals surface area contributed by atoms with Crippen LogP contribution in [-0.4, -0.2) is 17.4 Å². The van der Waals surface area contributed by atoms with Crippen molar-refractivity contribution >= 4 is 5.91 Å². The fourth-order valence-corrected chi connectivity index (χ4v) is 1.88. The Morgan fingerprint density at radius 3 is 2.74 bits per heavy atom. The molecule has 0 saturated carbocycles. The summed E-state index contributed by atoms with van der Waals surface area (Å²) in [5, 5.41) is 0. The molecule has 1 aromatic carbocycles. The summed E-state index contributed by atoms with van der Waals surface area (Å²) >= 11 is 0. The van der Waals surface area contributed by atoms with E-state index in [9.17, 15) is 9.18 Å². The van der Waals surface area contributed by atoms with Crippen molar-refractivity contribution in [3.05, 3.63) is 59.3 Å². The molecule has 0 spiro atoms. The summed E-state index contributed by atoms with van der Waals surface area (Å²) < 4.78 is 18.5. The van der Waals surface area contributed by atoms with E-state index in [-0.39, 0.29) is 11.7 Å². The zero-order valence-corrected chi connectivity index (χ0v) is 11.0. The Morgan fingerprint density at radius 1 is 1.37 bits per heavy atom. The van der Waals surface area contributed by atoms with Gasteiger partial charge >= 0.3 is 0 Å². The van der Waals surface area contributed by atoms with Gasteiger partial charge in [-0.2, -0.15) is 0 Å². The van der Waals surface area contributed by atoms with Gasteiger partial charge in [-0.15, -0.1) is 0 Å². The number of hydrogen-bond donors (Lipinski definition) is 0. The summed E-state index contributed by atoms with van der Waals surface area (Å²) in [5.74, 6) is 0.307. The van der Waals surface area contributed by atoms with Crippen molar-refractivity contribution in [2.24, 2.45) is 0 Å². The van der Waals surface area contributed by atoms with E-state index in [1.165, 1.54) is 12.1 Å². The molecule has 0 aliphatic heterocycles. The molecule has 1 heterocycles. The second kappa shape index (κ2) is 5.69. The van der Waals surface area contributed by atoms with E-state index in [1.54, 1.807) is 30.2 Å². The highest BCUT2D eigenvalue weighted by Gasteiger charge is 2.16. The zero-order chi connectivity index (χ0) is 13.8. The van der Waals surface area contributed by atoms with Gasteiger partial charge < -0.3 is 9.32 Å². The monoisotopic (exact) mass is 261 g/mol. The summed E-state index contributed by atoms with van der Waals surface area (Å²) in [6, 6.07) is 8.02. The predicted molar refractivity (Wildman–Crippen MR) is 70.3 cm³/mol.